The van der Waals surface area contributed by atoms with Crippen LogP contribution in [-0.2, 0) is 0 Å². The van der Waals surface area contributed by atoms with E-state index in [4.69, 9.17) is 28.5 Å². The minimum absolute atomic E-state index is 0.145. The van der Waals surface area contributed by atoms with E-state index >= 15 is 0 Å². The lowest BCUT2D eigenvalue weighted by Gasteiger charge is -1.96. The molecule has 2 nitrogen and oxygen atoms in total. The lowest BCUT2D eigenvalue weighted by Crippen LogP contribution is -1.85. The van der Waals surface area contributed by atoms with Crippen molar-refractivity contribution in [3.63, 3.8) is 0 Å². The van der Waals surface area contributed by atoms with Crippen LogP contribution in [0, 0.1) is 11.3 Å². The van der Waals surface area contributed by atoms with Gasteiger partial charge in [-0.3, -0.25) is 0 Å². The van der Waals surface area contributed by atoms with E-state index in [9.17, 15) is 0 Å². The Morgan fingerprint density at radius 2 is 2.18 bits per heavy atom. The van der Waals surface area contributed by atoms with Crippen LogP contribution in [-0.4, -0.2) is 4.98 Å². The molecule has 0 N–H and O–H groups in total. The summed E-state index contributed by atoms with van der Waals surface area (Å²) < 4.78 is 0.550. The molecular weight excluding hydrogens is 251 g/mol. The Balaban J connectivity index is 3.35. The van der Waals surface area contributed by atoms with Crippen LogP contribution >= 0.6 is 39.1 Å². The van der Waals surface area contributed by atoms with Gasteiger partial charge in [0, 0.05) is 0 Å². The highest BCUT2D eigenvalue weighted by molar-refractivity contribution is 9.10. The normalized spacial score (nSPS) is 9.27. The fourth-order valence-corrected chi connectivity index (χ4v) is 1.35. The highest BCUT2D eigenvalue weighted by Gasteiger charge is 2.05. The van der Waals surface area contributed by atoms with Gasteiger partial charge in [-0.15, -0.1) is 0 Å². The van der Waals surface area contributed by atoms with Crippen molar-refractivity contribution in [3.05, 3.63) is 26.4 Å². The maximum absolute atomic E-state index is 8.49. The molecule has 0 bridgehead atoms. The quantitative estimate of drug-likeness (QED) is 0.665. The van der Waals surface area contributed by atoms with Crippen LogP contribution in [0.25, 0.3) is 0 Å². The Labute approximate surface area is 81.9 Å². The Kier molecular flexibility index (Phi) is 2.72. The number of aromatic nitrogens is 1. The SMILES string of the molecule is N#Cc1nc(Cl)c(Cl)cc1Br. The predicted molar refractivity (Wildman–Crippen MR) is 46.7 cm³/mol. The van der Waals surface area contributed by atoms with E-state index in [0.717, 1.165) is 0 Å². The topological polar surface area (TPSA) is 36.7 Å². The fraction of sp³-hybridized carbons (Fsp3) is 0. The predicted octanol–water partition coefficient (Wildman–Crippen LogP) is 3.02. The molecule has 0 saturated heterocycles. The maximum atomic E-state index is 8.49. The monoisotopic (exact) mass is 250 g/mol. The van der Waals surface area contributed by atoms with Gasteiger partial charge in [-0.05, 0) is 22.0 Å². The van der Waals surface area contributed by atoms with Crippen molar-refractivity contribution in [1.82, 2.24) is 4.98 Å². The first-order valence-corrected chi connectivity index (χ1v) is 4.11. The average molecular weight is 252 g/mol. The van der Waals surface area contributed by atoms with E-state index < -0.39 is 0 Å². The van der Waals surface area contributed by atoms with Crippen LogP contribution in [0.4, 0.5) is 0 Å². The smallest absolute Gasteiger partial charge is 0.156 e. The summed E-state index contributed by atoms with van der Waals surface area (Å²) in [6, 6.07) is 3.40. The number of nitriles is 1. The number of nitrogens with zero attached hydrogens (tertiary/aromatic N) is 2. The molecule has 56 valence electrons. The average Bonchev–Trinajstić information content (AvgIpc) is 1.97. The zero-order valence-electron chi connectivity index (χ0n) is 5.11. The van der Waals surface area contributed by atoms with Gasteiger partial charge in [-0.2, -0.15) is 5.26 Å². The van der Waals surface area contributed by atoms with Crippen LogP contribution in [0.15, 0.2) is 10.5 Å². The molecule has 1 aromatic heterocycles. The molecule has 0 amide bonds. The van der Waals surface area contributed by atoms with Gasteiger partial charge in [-0.1, -0.05) is 23.2 Å². The summed E-state index contributed by atoms with van der Waals surface area (Å²) in [7, 11) is 0. The van der Waals surface area contributed by atoms with Gasteiger partial charge in [0.25, 0.3) is 0 Å². The van der Waals surface area contributed by atoms with Gasteiger partial charge in [0.05, 0.1) is 9.50 Å². The molecule has 11 heavy (non-hydrogen) atoms. The Bertz CT molecular complexity index is 332. The molecule has 0 aliphatic rings. The van der Waals surface area contributed by atoms with E-state index in [1.54, 1.807) is 0 Å². The standard InChI is InChI=1S/C6HBrCl2N2/c7-3-1-4(8)6(9)11-5(3)2-10/h1H. The van der Waals surface area contributed by atoms with Crippen LogP contribution in [0.5, 0.6) is 0 Å². The zero-order chi connectivity index (χ0) is 8.43. The Morgan fingerprint density at radius 3 is 2.73 bits per heavy atom. The molecule has 1 aromatic rings. The molecule has 0 atom stereocenters. The first-order valence-electron chi connectivity index (χ1n) is 2.57. The van der Waals surface area contributed by atoms with Gasteiger partial charge >= 0.3 is 0 Å². The highest BCUT2D eigenvalue weighted by atomic mass is 79.9. The van der Waals surface area contributed by atoms with E-state index in [1.807, 2.05) is 6.07 Å². The summed E-state index contributed by atoms with van der Waals surface area (Å²) in [4.78, 5) is 3.72. The second kappa shape index (κ2) is 3.40. The first kappa shape index (κ1) is 8.79. The Morgan fingerprint density at radius 1 is 1.55 bits per heavy atom. The van der Waals surface area contributed by atoms with Gasteiger partial charge in [-0.25, -0.2) is 4.98 Å². The lowest BCUT2D eigenvalue weighted by atomic mass is 10.4. The largest absolute Gasteiger partial charge is 0.223 e. The van der Waals surface area contributed by atoms with Gasteiger partial charge in [0.15, 0.2) is 5.69 Å². The van der Waals surface area contributed by atoms with Crippen molar-refractivity contribution in [1.29, 1.82) is 5.26 Å². The third kappa shape index (κ3) is 1.84. The van der Waals surface area contributed by atoms with Crippen molar-refractivity contribution in [2.75, 3.05) is 0 Å². The van der Waals surface area contributed by atoms with Crippen molar-refractivity contribution >= 4 is 39.1 Å². The number of hydrogen-bond acceptors (Lipinski definition) is 2. The maximum Gasteiger partial charge on any atom is 0.156 e. The summed E-state index contributed by atoms with van der Waals surface area (Å²) >= 11 is 14.3. The van der Waals surface area contributed by atoms with E-state index in [2.05, 4.69) is 20.9 Å². The summed E-state index contributed by atoms with van der Waals surface area (Å²) in [6.07, 6.45) is 0. The van der Waals surface area contributed by atoms with Gasteiger partial charge in [0.1, 0.15) is 11.2 Å². The molecule has 1 heterocycles. The minimum atomic E-state index is 0.145. The lowest BCUT2D eigenvalue weighted by molar-refractivity contribution is 1.24. The Hall–Kier alpha value is -0.300. The molecule has 5 heteroatoms. The number of hydrogen-bond donors (Lipinski definition) is 0. The van der Waals surface area contributed by atoms with E-state index in [1.165, 1.54) is 6.07 Å². The second-order valence-electron chi connectivity index (χ2n) is 1.70. The van der Waals surface area contributed by atoms with E-state index in [0.29, 0.717) is 9.50 Å². The fourth-order valence-electron chi connectivity index (χ4n) is 0.523. The van der Waals surface area contributed by atoms with Crippen molar-refractivity contribution < 1.29 is 0 Å². The first-order chi connectivity index (χ1) is 5.15. The molecule has 0 aromatic carbocycles. The highest BCUT2D eigenvalue weighted by Crippen LogP contribution is 2.25. The third-order valence-corrected chi connectivity index (χ3v) is 2.27. The van der Waals surface area contributed by atoms with Gasteiger partial charge < -0.3 is 0 Å². The number of rotatable bonds is 0. The van der Waals surface area contributed by atoms with Crippen LogP contribution in [0.2, 0.25) is 10.2 Å². The molecule has 0 spiro atoms. The number of halogens is 3. The van der Waals surface area contributed by atoms with Crippen molar-refractivity contribution in [2.24, 2.45) is 0 Å². The summed E-state index contributed by atoms with van der Waals surface area (Å²) in [5, 5.41) is 8.97. The van der Waals surface area contributed by atoms with Crippen LogP contribution < -0.4 is 0 Å². The number of pyridine rings is 1. The molecule has 0 saturated carbocycles. The third-order valence-electron chi connectivity index (χ3n) is 0.993. The molecule has 0 unspecified atom stereocenters. The van der Waals surface area contributed by atoms with Crippen LogP contribution in [0.1, 0.15) is 5.69 Å². The molecular formula is C6HBrCl2N2. The molecule has 1 rings (SSSR count). The molecule has 0 aliphatic heterocycles. The van der Waals surface area contributed by atoms with E-state index in [-0.39, 0.29) is 10.8 Å². The summed E-state index contributed by atoms with van der Waals surface area (Å²) in [5.74, 6) is 0. The van der Waals surface area contributed by atoms with Gasteiger partial charge in [0.2, 0.25) is 0 Å². The van der Waals surface area contributed by atoms with Crippen molar-refractivity contribution in [2.45, 2.75) is 0 Å². The molecule has 0 aliphatic carbocycles. The molecule has 0 radical (unpaired) electrons. The molecule has 0 fully saturated rings. The zero-order valence-corrected chi connectivity index (χ0v) is 8.20. The summed E-state index contributed by atoms with van der Waals surface area (Å²) in [6.45, 7) is 0. The summed E-state index contributed by atoms with van der Waals surface area (Å²) in [5.41, 5.74) is 0.236. The second-order valence-corrected chi connectivity index (χ2v) is 3.32. The minimum Gasteiger partial charge on any atom is -0.223 e. The van der Waals surface area contributed by atoms with Crippen molar-refractivity contribution in [3.8, 4) is 6.07 Å². The van der Waals surface area contributed by atoms with Crippen LogP contribution in [0.3, 0.4) is 0 Å².